The fourth-order valence-corrected chi connectivity index (χ4v) is 4.82. The second kappa shape index (κ2) is 9.93. The molecule has 1 heterocycles. The van der Waals surface area contributed by atoms with Gasteiger partial charge in [0.15, 0.2) is 0 Å². The minimum atomic E-state index is -0.705. The number of rotatable bonds is 7. The van der Waals surface area contributed by atoms with E-state index in [9.17, 15) is 9.59 Å². The van der Waals surface area contributed by atoms with Crippen molar-refractivity contribution in [1.82, 2.24) is 4.90 Å². The molecule has 34 heavy (non-hydrogen) atoms. The Balaban J connectivity index is 1.58. The van der Waals surface area contributed by atoms with E-state index in [-0.39, 0.29) is 18.4 Å². The second-order valence-corrected chi connectivity index (χ2v) is 8.77. The molecule has 2 aromatic carbocycles. The number of nitrogens with one attached hydrogen (secondary N) is 1. The fourth-order valence-electron chi connectivity index (χ4n) is 4.58. The van der Waals surface area contributed by atoms with Crippen molar-refractivity contribution in [3.05, 3.63) is 47.0 Å². The predicted molar refractivity (Wildman–Crippen MR) is 130 cm³/mol. The lowest BCUT2D eigenvalue weighted by Crippen LogP contribution is -2.51. The van der Waals surface area contributed by atoms with Gasteiger partial charge in [0, 0.05) is 11.6 Å². The van der Waals surface area contributed by atoms with Gasteiger partial charge in [-0.1, -0.05) is 18.0 Å². The summed E-state index contributed by atoms with van der Waals surface area (Å²) < 4.78 is 15.8. The van der Waals surface area contributed by atoms with E-state index >= 15 is 0 Å². The van der Waals surface area contributed by atoms with Gasteiger partial charge < -0.3 is 24.4 Å². The number of carbonyl (C=O) groups excluding carboxylic acids is 2. The Hall–Kier alpha value is -3.26. The Bertz CT molecular complexity index is 1110. The summed E-state index contributed by atoms with van der Waals surface area (Å²) >= 11 is 6.24. The van der Waals surface area contributed by atoms with Crippen molar-refractivity contribution in [2.24, 2.45) is 4.99 Å². The summed E-state index contributed by atoms with van der Waals surface area (Å²) in [7, 11) is 4.59. The monoisotopic (exact) mass is 485 g/mol. The minimum absolute atomic E-state index is 0.130. The van der Waals surface area contributed by atoms with Crippen LogP contribution in [-0.4, -0.2) is 56.0 Å². The Labute approximate surface area is 203 Å². The van der Waals surface area contributed by atoms with Crippen LogP contribution in [0.15, 0.2) is 41.4 Å². The highest BCUT2D eigenvalue weighted by Crippen LogP contribution is 2.40. The molecule has 1 saturated carbocycles. The molecule has 1 aliphatic carbocycles. The molecule has 2 aromatic rings. The normalized spacial score (nSPS) is 16.9. The smallest absolute Gasteiger partial charge is 0.275 e. The molecule has 2 amide bonds. The average Bonchev–Trinajstić information content (AvgIpc) is 3.10. The van der Waals surface area contributed by atoms with Gasteiger partial charge in [-0.05, 0) is 56.0 Å². The lowest BCUT2D eigenvalue weighted by Gasteiger charge is -2.38. The number of amides is 2. The van der Waals surface area contributed by atoms with Gasteiger partial charge in [0.25, 0.3) is 5.91 Å². The highest BCUT2D eigenvalue weighted by Gasteiger charge is 2.48. The summed E-state index contributed by atoms with van der Waals surface area (Å²) in [5.41, 5.74) is 0.785. The van der Waals surface area contributed by atoms with Crippen LogP contribution in [-0.2, 0) is 9.59 Å². The molecule has 1 N–H and O–H groups in total. The zero-order valence-corrected chi connectivity index (χ0v) is 20.3. The summed E-state index contributed by atoms with van der Waals surface area (Å²) in [5.74, 6) is 0.936. The first kappa shape index (κ1) is 23.9. The van der Waals surface area contributed by atoms with Gasteiger partial charge in [0.2, 0.25) is 5.91 Å². The van der Waals surface area contributed by atoms with Crippen LogP contribution in [0.5, 0.6) is 17.2 Å². The molecule has 2 aliphatic rings. The number of carbonyl (C=O) groups is 2. The van der Waals surface area contributed by atoms with Crippen molar-refractivity contribution >= 4 is 34.8 Å². The van der Waals surface area contributed by atoms with Crippen molar-refractivity contribution in [2.75, 3.05) is 33.2 Å². The van der Waals surface area contributed by atoms with Crippen molar-refractivity contribution in [2.45, 2.75) is 37.8 Å². The highest BCUT2D eigenvalue weighted by molar-refractivity contribution is 6.47. The Morgan fingerprint density at radius 1 is 1.03 bits per heavy atom. The molecular formula is C25H28ClN3O5. The number of aliphatic imine (C=N–C) groups is 1. The molecule has 1 fully saturated rings. The number of hydrogen-bond donors (Lipinski definition) is 1. The Morgan fingerprint density at radius 2 is 1.71 bits per heavy atom. The summed E-state index contributed by atoms with van der Waals surface area (Å²) in [5, 5.41) is 3.17. The molecule has 8 nitrogen and oxygen atoms in total. The summed E-state index contributed by atoms with van der Waals surface area (Å²) in [4.78, 5) is 33.1. The van der Waals surface area contributed by atoms with E-state index in [1.165, 1.54) is 14.2 Å². The number of halogens is 1. The van der Waals surface area contributed by atoms with Gasteiger partial charge in [-0.15, -0.1) is 0 Å². The van der Waals surface area contributed by atoms with E-state index in [1.807, 2.05) is 12.1 Å². The number of anilines is 1. The van der Waals surface area contributed by atoms with E-state index < -0.39 is 5.66 Å². The van der Waals surface area contributed by atoms with Gasteiger partial charge in [-0.2, -0.15) is 0 Å². The van der Waals surface area contributed by atoms with Crippen LogP contribution in [0, 0.1) is 0 Å². The van der Waals surface area contributed by atoms with Crippen LogP contribution in [0.1, 0.15) is 37.7 Å². The number of ether oxygens (including phenoxy) is 3. The van der Waals surface area contributed by atoms with E-state index in [2.05, 4.69) is 5.32 Å². The third kappa shape index (κ3) is 4.55. The maximum Gasteiger partial charge on any atom is 0.275 e. The summed E-state index contributed by atoms with van der Waals surface area (Å²) in [6, 6.07) is 10.4. The van der Waals surface area contributed by atoms with E-state index in [1.54, 1.807) is 36.3 Å². The molecule has 0 aromatic heterocycles. The molecule has 4 rings (SSSR count). The van der Waals surface area contributed by atoms with Crippen LogP contribution in [0.2, 0.25) is 5.02 Å². The Morgan fingerprint density at radius 3 is 2.32 bits per heavy atom. The van der Waals surface area contributed by atoms with Crippen molar-refractivity contribution < 1.29 is 23.8 Å². The molecule has 0 saturated heterocycles. The molecule has 0 bridgehead atoms. The average molecular weight is 486 g/mol. The lowest BCUT2D eigenvalue weighted by atomic mass is 9.88. The molecule has 0 atom stereocenters. The fraction of sp³-hybridized carbons (Fsp3) is 0.400. The first-order valence-electron chi connectivity index (χ1n) is 11.2. The largest absolute Gasteiger partial charge is 0.497 e. The van der Waals surface area contributed by atoms with Crippen molar-refractivity contribution in [1.29, 1.82) is 0 Å². The van der Waals surface area contributed by atoms with Gasteiger partial charge >= 0.3 is 0 Å². The molecule has 9 heteroatoms. The van der Waals surface area contributed by atoms with Crippen LogP contribution >= 0.6 is 11.6 Å². The second-order valence-electron chi connectivity index (χ2n) is 8.36. The SMILES string of the molecule is COc1ccc(C2=NC3(CCCCC3)N(CC(=O)Nc3cc(Cl)c(OC)cc3OC)C2=O)cc1. The van der Waals surface area contributed by atoms with Crippen molar-refractivity contribution in [3.8, 4) is 17.2 Å². The molecular weight excluding hydrogens is 458 g/mol. The maximum atomic E-state index is 13.5. The Kier molecular flexibility index (Phi) is 6.97. The number of benzene rings is 2. The topological polar surface area (TPSA) is 89.5 Å². The molecule has 0 unspecified atom stereocenters. The first-order chi connectivity index (χ1) is 16.4. The van der Waals surface area contributed by atoms with Gasteiger partial charge in [-0.3, -0.25) is 14.6 Å². The molecule has 1 spiro atoms. The van der Waals surface area contributed by atoms with Gasteiger partial charge in [-0.25, -0.2) is 0 Å². The highest BCUT2D eigenvalue weighted by atomic mass is 35.5. The minimum Gasteiger partial charge on any atom is -0.497 e. The standard InChI is InChI=1S/C25H28ClN3O5/c1-32-17-9-7-16(8-10-17)23-24(31)29(25(28-23)11-5-4-6-12-25)15-22(30)27-19-13-18(26)20(33-2)14-21(19)34-3/h7-10,13-14H,4-6,11-12,15H2,1-3H3,(H,27,30). The van der Waals surface area contributed by atoms with E-state index in [4.69, 9.17) is 30.8 Å². The van der Waals surface area contributed by atoms with Gasteiger partial charge in [0.05, 0.1) is 32.0 Å². The first-order valence-corrected chi connectivity index (χ1v) is 11.6. The zero-order valence-electron chi connectivity index (χ0n) is 19.5. The van der Waals surface area contributed by atoms with E-state index in [0.29, 0.717) is 39.2 Å². The third-order valence-corrected chi connectivity index (χ3v) is 6.63. The van der Waals surface area contributed by atoms with Crippen LogP contribution in [0.25, 0.3) is 0 Å². The van der Waals surface area contributed by atoms with Crippen LogP contribution in [0.4, 0.5) is 5.69 Å². The number of nitrogens with zero attached hydrogens (tertiary/aromatic N) is 2. The predicted octanol–water partition coefficient (Wildman–Crippen LogP) is 4.30. The molecule has 0 radical (unpaired) electrons. The quantitative estimate of drug-likeness (QED) is 0.631. The number of hydrogen-bond acceptors (Lipinski definition) is 6. The lowest BCUT2D eigenvalue weighted by molar-refractivity contribution is -0.134. The maximum absolute atomic E-state index is 13.5. The van der Waals surface area contributed by atoms with Crippen LogP contribution in [0.3, 0.4) is 0 Å². The van der Waals surface area contributed by atoms with Crippen molar-refractivity contribution in [3.63, 3.8) is 0 Å². The molecule has 1 aliphatic heterocycles. The third-order valence-electron chi connectivity index (χ3n) is 6.34. The number of methoxy groups -OCH3 is 3. The molecule has 180 valence electrons. The van der Waals surface area contributed by atoms with E-state index in [0.717, 1.165) is 32.1 Å². The summed E-state index contributed by atoms with van der Waals surface area (Å²) in [6.07, 6.45) is 4.44. The van der Waals surface area contributed by atoms with Gasteiger partial charge in [0.1, 0.15) is 35.2 Å². The van der Waals surface area contributed by atoms with Crippen LogP contribution < -0.4 is 19.5 Å². The zero-order chi connectivity index (χ0) is 24.3. The summed E-state index contributed by atoms with van der Waals surface area (Å²) in [6.45, 7) is -0.130.